The zero-order valence-electron chi connectivity index (χ0n) is 16.3. The summed E-state index contributed by atoms with van der Waals surface area (Å²) in [6, 6.07) is 3.31. The second kappa shape index (κ2) is 11.7. The summed E-state index contributed by atoms with van der Waals surface area (Å²) >= 11 is 0. The Hall–Kier alpha value is -1.99. The van der Waals surface area contributed by atoms with Gasteiger partial charge in [0.15, 0.2) is 11.5 Å². The number of nitrogens with zero attached hydrogens (tertiary/aromatic N) is 1. The van der Waals surface area contributed by atoms with Crippen LogP contribution >= 0.6 is 12.4 Å². The van der Waals surface area contributed by atoms with Gasteiger partial charge in [0.2, 0.25) is 5.91 Å². The molecule has 1 fully saturated rings. The molecule has 0 aromatic heterocycles. The number of rotatable bonds is 8. The Labute approximate surface area is 167 Å². The minimum atomic E-state index is -0.125. The maximum Gasteiger partial charge on any atom is 0.256 e. The molecule has 8 heteroatoms. The molecule has 0 aliphatic carbocycles. The van der Waals surface area contributed by atoms with Crippen LogP contribution in [0.5, 0.6) is 11.5 Å². The number of likely N-dealkylation sites (tertiary alicyclic amines) is 1. The lowest BCUT2D eigenvalue weighted by atomic mass is 10.1. The predicted octanol–water partition coefficient (Wildman–Crippen LogP) is 2.69. The van der Waals surface area contributed by atoms with Gasteiger partial charge in [0.05, 0.1) is 25.5 Å². The van der Waals surface area contributed by atoms with Crippen LogP contribution in [-0.4, -0.2) is 57.6 Å². The van der Waals surface area contributed by atoms with Crippen LogP contribution in [0.2, 0.25) is 0 Å². The zero-order chi connectivity index (χ0) is 18.9. The minimum Gasteiger partial charge on any atom is -0.493 e. The lowest BCUT2D eigenvalue weighted by Gasteiger charge is -2.28. The van der Waals surface area contributed by atoms with Gasteiger partial charge < -0.3 is 25.0 Å². The Kier molecular flexibility index (Phi) is 9.96. The molecule has 1 aliphatic rings. The van der Waals surface area contributed by atoms with Crippen LogP contribution in [0.15, 0.2) is 12.1 Å². The average Bonchev–Trinajstić information content (AvgIpc) is 2.68. The number of amides is 2. The van der Waals surface area contributed by atoms with Crippen molar-refractivity contribution < 1.29 is 19.1 Å². The highest BCUT2D eigenvalue weighted by Crippen LogP contribution is 2.34. The van der Waals surface area contributed by atoms with E-state index < -0.39 is 0 Å². The van der Waals surface area contributed by atoms with Crippen LogP contribution in [0, 0.1) is 0 Å². The van der Waals surface area contributed by atoms with Gasteiger partial charge in [0.25, 0.3) is 5.91 Å². The number of carbonyl (C=O) groups is 2. The Morgan fingerprint density at radius 1 is 1.07 bits per heavy atom. The average molecular weight is 400 g/mol. The molecule has 27 heavy (non-hydrogen) atoms. The zero-order valence-corrected chi connectivity index (χ0v) is 17.1. The van der Waals surface area contributed by atoms with Crippen molar-refractivity contribution in [3.8, 4) is 11.5 Å². The standard InChI is InChI=1S/C19H29N3O4.ClH/c1-20-9-7-8-18(23)21-15-13-17(26-3)16(25-2)12-14(15)19(24)22-10-5-4-6-11-22;/h12-13,20H,4-11H2,1-3H3,(H,21,23);1H. The number of carbonyl (C=O) groups excluding carboxylic acids is 2. The maximum atomic E-state index is 13.0. The first-order valence-corrected chi connectivity index (χ1v) is 9.10. The highest BCUT2D eigenvalue weighted by atomic mass is 35.5. The number of nitrogens with one attached hydrogen (secondary N) is 2. The molecule has 0 radical (unpaired) electrons. The highest BCUT2D eigenvalue weighted by molar-refractivity contribution is 6.04. The summed E-state index contributed by atoms with van der Waals surface area (Å²) in [6.45, 7) is 2.24. The summed E-state index contributed by atoms with van der Waals surface area (Å²) in [5.74, 6) is 0.741. The monoisotopic (exact) mass is 399 g/mol. The molecule has 0 bridgehead atoms. The van der Waals surface area contributed by atoms with Crippen molar-refractivity contribution in [3.05, 3.63) is 17.7 Å². The van der Waals surface area contributed by atoms with Crippen molar-refractivity contribution in [2.24, 2.45) is 0 Å². The third-order valence-corrected chi connectivity index (χ3v) is 4.50. The van der Waals surface area contributed by atoms with E-state index in [9.17, 15) is 9.59 Å². The van der Waals surface area contributed by atoms with Crippen molar-refractivity contribution in [2.75, 3.05) is 46.2 Å². The van der Waals surface area contributed by atoms with E-state index in [0.29, 0.717) is 29.2 Å². The van der Waals surface area contributed by atoms with Gasteiger partial charge in [0, 0.05) is 25.6 Å². The molecule has 2 rings (SSSR count). The molecule has 2 amide bonds. The third kappa shape index (κ3) is 6.29. The number of benzene rings is 1. The Morgan fingerprint density at radius 2 is 1.70 bits per heavy atom. The van der Waals surface area contributed by atoms with Gasteiger partial charge in [-0.25, -0.2) is 0 Å². The molecule has 1 heterocycles. The molecule has 0 unspecified atom stereocenters. The molecule has 0 saturated carbocycles. The molecule has 1 aromatic carbocycles. The fourth-order valence-electron chi connectivity index (χ4n) is 3.07. The number of anilines is 1. The van der Waals surface area contributed by atoms with E-state index >= 15 is 0 Å². The van der Waals surface area contributed by atoms with Gasteiger partial charge in [-0.3, -0.25) is 9.59 Å². The lowest BCUT2D eigenvalue weighted by molar-refractivity contribution is -0.116. The minimum absolute atomic E-state index is 0. The number of halogens is 1. The molecule has 1 aliphatic heterocycles. The predicted molar refractivity (Wildman–Crippen MR) is 108 cm³/mol. The lowest BCUT2D eigenvalue weighted by Crippen LogP contribution is -2.36. The molecule has 0 atom stereocenters. The molecule has 152 valence electrons. The van der Waals surface area contributed by atoms with E-state index in [4.69, 9.17) is 9.47 Å². The van der Waals surface area contributed by atoms with Crippen molar-refractivity contribution >= 4 is 29.9 Å². The van der Waals surface area contributed by atoms with Gasteiger partial charge in [-0.15, -0.1) is 12.4 Å². The van der Waals surface area contributed by atoms with Gasteiger partial charge in [-0.1, -0.05) is 0 Å². The van der Waals surface area contributed by atoms with Gasteiger partial charge in [-0.2, -0.15) is 0 Å². The van der Waals surface area contributed by atoms with Crippen LogP contribution < -0.4 is 20.1 Å². The van der Waals surface area contributed by atoms with Crippen molar-refractivity contribution in [1.29, 1.82) is 0 Å². The summed E-state index contributed by atoms with van der Waals surface area (Å²) in [5.41, 5.74) is 0.902. The van der Waals surface area contributed by atoms with Gasteiger partial charge in [-0.05, 0) is 45.3 Å². The van der Waals surface area contributed by atoms with Crippen LogP contribution in [0.3, 0.4) is 0 Å². The SMILES string of the molecule is CNCCCC(=O)Nc1cc(OC)c(OC)cc1C(=O)N1CCCCC1.Cl. The topological polar surface area (TPSA) is 79.9 Å². The number of piperidine rings is 1. The van der Waals surface area contributed by atoms with Gasteiger partial charge in [0.1, 0.15) is 0 Å². The highest BCUT2D eigenvalue weighted by Gasteiger charge is 2.24. The largest absolute Gasteiger partial charge is 0.493 e. The van der Waals surface area contributed by atoms with Crippen LogP contribution in [0.4, 0.5) is 5.69 Å². The molecule has 2 N–H and O–H groups in total. The first-order chi connectivity index (χ1) is 12.6. The summed E-state index contributed by atoms with van der Waals surface area (Å²) in [6.07, 6.45) is 4.26. The van der Waals surface area contributed by atoms with E-state index in [-0.39, 0.29) is 24.2 Å². The second-order valence-corrected chi connectivity index (χ2v) is 6.36. The Balaban J connectivity index is 0.00000364. The van der Waals surface area contributed by atoms with Gasteiger partial charge >= 0.3 is 0 Å². The quantitative estimate of drug-likeness (QED) is 0.657. The maximum absolute atomic E-state index is 13.0. The van der Waals surface area contributed by atoms with E-state index in [1.54, 1.807) is 12.1 Å². The van der Waals surface area contributed by atoms with E-state index in [2.05, 4.69) is 10.6 Å². The normalized spacial score (nSPS) is 13.5. The first-order valence-electron chi connectivity index (χ1n) is 9.10. The summed E-state index contributed by atoms with van der Waals surface area (Å²) < 4.78 is 10.7. The van der Waals surface area contributed by atoms with Crippen LogP contribution in [0.1, 0.15) is 42.5 Å². The molecule has 1 aromatic rings. The van der Waals surface area contributed by atoms with E-state index in [1.807, 2.05) is 11.9 Å². The molecular weight excluding hydrogens is 370 g/mol. The van der Waals surface area contributed by atoms with Crippen molar-refractivity contribution in [1.82, 2.24) is 10.2 Å². The van der Waals surface area contributed by atoms with Crippen LogP contribution in [0.25, 0.3) is 0 Å². The first kappa shape index (κ1) is 23.0. The van der Waals surface area contributed by atoms with E-state index in [0.717, 1.165) is 45.3 Å². The molecular formula is C19H30ClN3O4. The Morgan fingerprint density at radius 3 is 2.30 bits per heavy atom. The smallest absolute Gasteiger partial charge is 0.256 e. The summed E-state index contributed by atoms with van der Waals surface area (Å²) in [5, 5.41) is 5.88. The number of hydrogen-bond acceptors (Lipinski definition) is 5. The van der Waals surface area contributed by atoms with Crippen molar-refractivity contribution in [3.63, 3.8) is 0 Å². The van der Waals surface area contributed by atoms with E-state index in [1.165, 1.54) is 14.2 Å². The molecule has 1 saturated heterocycles. The third-order valence-electron chi connectivity index (χ3n) is 4.50. The Bertz CT molecular complexity index is 634. The summed E-state index contributed by atoms with van der Waals surface area (Å²) in [7, 11) is 4.91. The number of methoxy groups -OCH3 is 2. The molecule has 0 spiro atoms. The second-order valence-electron chi connectivity index (χ2n) is 6.36. The molecule has 7 nitrogen and oxygen atoms in total. The number of hydrogen-bond donors (Lipinski definition) is 2. The fourth-order valence-corrected chi connectivity index (χ4v) is 3.07. The van der Waals surface area contributed by atoms with Crippen LogP contribution in [-0.2, 0) is 4.79 Å². The van der Waals surface area contributed by atoms with Crippen molar-refractivity contribution in [2.45, 2.75) is 32.1 Å². The fraction of sp³-hybridized carbons (Fsp3) is 0.579. The summed E-state index contributed by atoms with van der Waals surface area (Å²) in [4.78, 5) is 27.1. The number of ether oxygens (including phenoxy) is 2.